The average molecular weight is 386 g/mol. The van der Waals surface area contributed by atoms with Crippen LogP contribution < -0.4 is 15.4 Å². The van der Waals surface area contributed by atoms with Gasteiger partial charge in [0, 0.05) is 36.1 Å². The number of hydrogen-bond acceptors (Lipinski definition) is 5. The number of primary amides is 1. The first kappa shape index (κ1) is 20.8. The fourth-order valence-corrected chi connectivity index (χ4v) is 3.75. The Morgan fingerprint density at radius 1 is 1.54 bits per heavy atom. The van der Waals surface area contributed by atoms with E-state index in [9.17, 15) is 13.7 Å². The van der Waals surface area contributed by atoms with Gasteiger partial charge in [0.15, 0.2) is 0 Å². The van der Waals surface area contributed by atoms with Crippen LogP contribution in [0.15, 0.2) is 18.2 Å². The highest BCUT2D eigenvalue weighted by molar-refractivity contribution is 7.90. The van der Waals surface area contributed by atoms with Crippen molar-refractivity contribution < 1.29 is 18.5 Å². The average Bonchev–Trinajstić information content (AvgIpc) is 3.00. The summed E-state index contributed by atoms with van der Waals surface area (Å²) >= 11 is -1.26. The molecule has 1 aliphatic rings. The van der Waals surface area contributed by atoms with Gasteiger partial charge in [-0.25, -0.2) is 9.18 Å². The Hall–Kier alpha value is -1.51. The second kappa shape index (κ2) is 8.45. The van der Waals surface area contributed by atoms with Crippen molar-refractivity contribution in [2.45, 2.75) is 44.9 Å². The van der Waals surface area contributed by atoms with Gasteiger partial charge in [-0.15, -0.1) is 4.72 Å². The number of nitrogens with zero attached hydrogens (tertiary/aromatic N) is 1. The van der Waals surface area contributed by atoms with Crippen LogP contribution in [0.1, 0.15) is 45.7 Å². The van der Waals surface area contributed by atoms with Crippen LogP contribution in [0, 0.1) is 11.7 Å². The fourth-order valence-electron chi connectivity index (χ4n) is 2.95. The summed E-state index contributed by atoms with van der Waals surface area (Å²) in [7, 11) is 0. The van der Waals surface area contributed by atoms with Crippen molar-refractivity contribution in [2.24, 2.45) is 11.7 Å². The van der Waals surface area contributed by atoms with Gasteiger partial charge < -0.3 is 19.9 Å². The lowest BCUT2D eigenvalue weighted by atomic mass is 10.1. The molecule has 6 nitrogen and oxygen atoms in total. The lowest BCUT2D eigenvalue weighted by Crippen LogP contribution is -2.41. The predicted octanol–water partition coefficient (Wildman–Crippen LogP) is 2.86. The van der Waals surface area contributed by atoms with Gasteiger partial charge in [0.05, 0.1) is 12.6 Å². The number of nitrogens with one attached hydrogen (secondary N) is 1. The van der Waals surface area contributed by atoms with Crippen LogP contribution in [0.3, 0.4) is 0 Å². The molecule has 1 aromatic carbocycles. The summed E-state index contributed by atoms with van der Waals surface area (Å²) in [5.74, 6) is -0.140. The Morgan fingerprint density at radius 3 is 2.85 bits per heavy atom. The minimum Gasteiger partial charge on any atom is -0.598 e. The standard InChI is InChI=1S/C18H28FN3O3S/c1-12(21-26(24)18(2,3)4)15-9-14(19)5-6-16(15)22-8-7-13(10-22)11-25-17(20)23/h5-6,9,12-13,21H,7-8,10-11H2,1-4H3,(H2,20,23)/t12-,13+,26-/m1/s1. The highest BCUT2D eigenvalue weighted by Gasteiger charge is 2.31. The van der Waals surface area contributed by atoms with Crippen LogP contribution in [0.2, 0.25) is 0 Å². The number of carbonyl (C=O) groups excluding carboxylic acids is 1. The van der Waals surface area contributed by atoms with Crippen molar-refractivity contribution >= 4 is 23.1 Å². The van der Waals surface area contributed by atoms with E-state index in [0.717, 1.165) is 24.2 Å². The molecule has 0 unspecified atom stereocenters. The SMILES string of the molecule is C[C@@H](N[S@+]([O-])C(C)(C)C)c1cc(F)ccc1N1CC[C@H](COC(N)=O)C1. The van der Waals surface area contributed by atoms with Crippen LogP contribution in [0.25, 0.3) is 0 Å². The van der Waals surface area contributed by atoms with Crippen LogP contribution in [0.5, 0.6) is 0 Å². The molecule has 1 heterocycles. The molecule has 0 spiro atoms. The summed E-state index contributed by atoms with van der Waals surface area (Å²) < 4.78 is 33.8. The van der Waals surface area contributed by atoms with Crippen molar-refractivity contribution in [3.05, 3.63) is 29.6 Å². The first-order valence-corrected chi connectivity index (χ1v) is 9.87. The topological polar surface area (TPSA) is 90.7 Å². The zero-order chi connectivity index (χ0) is 19.5. The maximum absolute atomic E-state index is 13.9. The van der Waals surface area contributed by atoms with E-state index in [1.54, 1.807) is 6.07 Å². The highest BCUT2D eigenvalue weighted by Crippen LogP contribution is 2.32. The number of rotatable bonds is 6. The third-order valence-corrected chi connectivity index (χ3v) is 6.06. The molecule has 0 radical (unpaired) electrons. The van der Waals surface area contributed by atoms with E-state index < -0.39 is 22.2 Å². The molecule has 8 heteroatoms. The number of benzene rings is 1. The molecule has 26 heavy (non-hydrogen) atoms. The highest BCUT2D eigenvalue weighted by atomic mass is 32.2. The van der Waals surface area contributed by atoms with E-state index in [2.05, 4.69) is 9.62 Å². The van der Waals surface area contributed by atoms with Crippen LogP contribution in [0.4, 0.5) is 14.9 Å². The van der Waals surface area contributed by atoms with Crippen molar-refractivity contribution in [3.8, 4) is 0 Å². The third-order valence-electron chi connectivity index (χ3n) is 4.38. The van der Waals surface area contributed by atoms with Crippen molar-refractivity contribution in [2.75, 3.05) is 24.6 Å². The molecule has 1 aliphatic heterocycles. The normalized spacial score (nSPS) is 20.1. The van der Waals surface area contributed by atoms with E-state index in [4.69, 9.17) is 10.5 Å². The summed E-state index contributed by atoms with van der Waals surface area (Å²) in [5.41, 5.74) is 6.69. The van der Waals surface area contributed by atoms with E-state index in [1.165, 1.54) is 12.1 Å². The van der Waals surface area contributed by atoms with Crippen LogP contribution in [-0.2, 0) is 16.1 Å². The van der Waals surface area contributed by atoms with Gasteiger partial charge in [-0.3, -0.25) is 0 Å². The Kier molecular flexibility index (Phi) is 6.76. The second-order valence-corrected chi connectivity index (χ2v) is 9.65. The number of hydrogen-bond donors (Lipinski definition) is 2. The van der Waals surface area contributed by atoms with E-state index in [0.29, 0.717) is 6.54 Å². The van der Waals surface area contributed by atoms with E-state index in [-0.39, 0.29) is 24.4 Å². The molecule has 146 valence electrons. The quantitative estimate of drug-likeness (QED) is 0.735. The zero-order valence-electron chi connectivity index (χ0n) is 15.8. The van der Waals surface area contributed by atoms with E-state index in [1.807, 2.05) is 27.7 Å². The number of anilines is 1. The third kappa shape index (κ3) is 5.49. The molecule has 1 aromatic rings. The Balaban J connectivity index is 2.14. The Morgan fingerprint density at radius 2 is 2.23 bits per heavy atom. The Bertz CT molecular complexity index is 639. The molecule has 3 atom stereocenters. The molecule has 0 saturated carbocycles. The molecule has 0 bridgehead atoms. The minimum absolute atomic E-state index is 0.187. The Labute approximate surface area is 157 Å². The van der Waals surface area contributed by atoms with Crippen LogP contribution >= 0.6 is 0 Å². The van der Waals surface area contributed by atoms with Crippen LogP contribution in [-0.4, -0.2) is 35.1 Å². The summed E-state index contributed by atoms with van der Waals surface area (Å²) in [6, 6.07) is 4.39. The maximum Gasteiger partial charge on any atom is 0.404 e. The lowest BCUT2D eigenvalue weighted by molar-refractivity contribution is 0.140. The largest absolute Gasteiger partial charge is 0.598 e. The molecule has 1 fully saturated rings. The van der Waals surface area contributed by atoms with E-state index >= 15 is 0 Å². The second-order valence-electron chi connectivity index (χ2n) is 7.65. The summed E-state index contributed by atoms with van der Waals surface area (Å²) in [5, 5.41) is 0. The molecule has 1 saturated heterocycles. The number of halogens is 1. The smallest absolute Gasteiger partial charge is 0.404 e. The number of ether oxygens (including phenoxy) is 1. The number of amides is 1. The van der Waals surface area contributed by atoms with Gasteiger partial charge in [0.1, 0.15) is 10.6 Å². The summed E-state index contributed by atoms with van der Waals surface area (Å²) in [4.78, 5) is 12.9. The predicted molar refractivity (Wildman–Crippen MR) is 102 cm³/mol. The van der Waals surface area contributed by atoms with Gasteiger partial charge in [0.2, 0.25) is 0 Å². The van der Waals surface area contributed by atoms with Gasteiger partial charge in [0.25, 0.3) is 0 Å². The molecular formula is C18H28FN3O3S. The van der Waals surface area contributed by atoms with Gasteiger partial charge in [-0.05, 0) is 57.9 Å². The molecule has 3 N–H and O–H groups in total. The summed E-state index contributed by atoms with van der Waals surface area (Å²) in [6.45, 7) is 9.30. The summed E-state index contributed by atoms with van der Waals surface area (Å²) in [6.07, 6.45) is 0.0909. The molecule has 1 amide bonds. The molecule has 2 rings (SSSR count). The van der Waals surface area contributed by atoms with Crippen molar-refractivity contribution in [1.82, 2.24) is 4.72 Å². The van der Waals surface area contributed by atoms with Crippen molar-refractivity contribution in [3.63, 3.8) is 0 Å². The first-order valence-electron chi connectivity index (χ1n) is 8.72. The molecular weight excluding hydrogens is 357 g/mol. The maximum atomic E-state index is 13.9. The lowest BCUT2D eigenvalue weighted by Gasteiger charge is -2.29. The fraction of sp³-hybridized carbons (Fsp3) is 0.611. The van der Waals surface area contributed by atoms with Gasteiger partial charge >= 0.3 is 6.09 Å². The van der Waals surface area contributed by atoms with Gasteiger partial charge in [-0.1, -0.05) is 0 Å². The number of nitrogens with two attached hydrogens (primary N) is 1. The molecule has 0 aromatic heterocycles. The molecule has 0 aliphatic carbocycles. The monoisotopic (exact) mass is 385 g/mol. The van der Waals surface area contributed by atoms with Gasteiger partial charge in [-0.2, -0.15) is 0 Å². The number of carbonyl (C=O) groups is 1. The van der Waals surface area contributed by atoms with Crippen molar-refractivity contribution in [1.29, 1.82) is 0 Å². The zero-order valence-corrected chi connectivity index (χ0v) is 16.6. The first-order chi connectivity index (χ1) is 12.1. The minimum atomic E-state index is -1.26.